The maximum absolute atomic E-state index is 13.6. The number of nitrogens with zero attached hydrogens (tertiary/aromatic N) is 2. The molecule has 0 fully saturated rings. The molecule has 9 nitrogen and oxygen atoms in total. The number of rotatable bonds is 10. The molecule has 1 N–H and O–H groups in total. The number of aryl methyl sites for hydroxylation is 3. The maximum atomic E-state index is 13.6. The number of esters is 1. The van der Waals surface area contributed by atoms with Gasteiger partial charge in [0.15, 0.2) is 0 Å². The first kappa shape index (κ1) is 29.3. The van der Waals surface area contributed by atoms with Crippen molar-refractivity contribution in [2.45, 2.75) is 32.6 Å². The monoisotopic (exact) mass is 573 g/mol. The first-order valence-corrected chi connectivity index (χ1v) is 14.4. The Morgan fingerprint density at radius 1 is 0.927 bits per heavy atom. The van der Waals surface area contributed by atoms with Crippen molar-refractivity contribution in [2.75, 3.05) is 17.5 Å². The molecular formula is C31H31N3O6S. The van der Waals surface area contributed by atoms with Gasteiger partial charge in [0.05, 0.1) is 29.0 Å². The highest BCUT2D eigenvalue weighted by atomic mass is 32.2. The summed E-state index contributed by atoms with van der Waals surface area (Å²) in [6.07, 6.45) is 1.32. The molecule has 0 unspecified atom stereocenters. The molecule has 10 heteroatoms. The van der Waals surface area contributed by atoms with Gasteiger partial charge in [-0.25, -0.2) is 18.6 Å². The second-order valence-electron chi connectivity index (χ2n) is 9.41. The van der Waals surface area contributed by atoms with Crippen molar-refractivity contribution in [3.8, 4) is 11.3 Å². The van der Waals surface area contributed by atoms with E-state index in [1.165, 1.54) is 18.3 Å². The van der Waals surface area contributed by atoms with Crippen LogP contribution in [-0.2, 0) is 19.6 Å². The van der Waals surface area contributed by atoms with Crippen molar-refractivity contribution in [3.05, 3.63) is 107 Å². The molecule has 0 aliphatic carbocycles. The fourth-order valence-electron chi connectivity index (χ4n) is 4.02. The summed E-state index contributed by atoms with van der Waals surface area (Å²) in [4.78, 5) is 24.8. The van der Waals surface area contributed by atoms with Crippen LogP contribution in [0.5, 0.6) is 0 Å². The zero-order valence-corrected chi connectivity index (χ0v) is 24.1. The Balaban J connectivity index is 1.48. The molecule has 0 saturated heterocycles. The summed E-state index contributed by atoms with van der Waals surface area (Å²) in [6.45, 7) is 7.08. The second-order valence-corrected chi connectivity index (χ2v) is 11.3. The number of anilines is 1. The third kappa shape index (κ3) is 7.09. The van der Waals surface area contributed by atoms with Crippen molar-refractivity contribution < 1.29 is 27.2 Å². The van der Waals surface area contributed by atoms with Gasteiger partial charge in [-0.3, -0.25) is 9.10 Å². The number of furan rings is 1. The molecule has 1 aromatic heterocycles. The van der Waals surface area contributed by atoms with E-state index in [0.717, 1.165) is 21.0 Å². The lowest BCUT2D eigenvalue weighted by molar-refractivity contribution is -0.119. The van der Waals surface area contributed by atoms with E-state index in [1.54, 1.807) is 68.4 Å². The molecule has 4 aromatic rings. The van der Waals surface area contributed by atoms with Crippen molar-refractivity contribution >= 4 is 33.8 Å². The normalized spacial score (nSPS) is 11.4. The molecule has 1 heterocycles. The minimum atomic E-state index is -4.05. The van der Waals surface area contributed by atoms with E-state index in [4.69, 9.17) is 9.15 Å². The van der Waals surface area contributed by atoms with Crippen LogP contribution in [0.2, 0.25) is 0 Å². The van der Waals surface area contributed by atoms with Crippen LogP contribution in [0.1, 0.15) is 39.7 Å². The minimum Gasteiger partial charge on any atom is -0.462 e. The molecule has 3 aromatic carbocycles. The predicted octanol–water partition coefficient (Wildman–Crippen LogP) is 5.39. The Kier molecular flexibility index (Phi) is 9.04. The van der Waals surface area contributed by atoms with Gasteiger partial charge in [-0.2, -0.15) is 5.10 Å². The summed E-state index contributed by atoms with van der Waals surface area (Å²) in [5.41, 5.74) is 6.47. The van der Waals surface area contributed by atoms with Crippen molar-refractivity contribution in [1.82, 2.24) is 5.43 Å². The molecule has 0 spiro atoms. The molecule has 0 aliphatic heterocycles. The number of hydrogen-bond acceptors (Lipinski definition) is 7. The first-order chi connectivity index (χ1) is 19.6. The van der Waals surface area contributed by atoms with Gasteiger partial charge in [0.2, 0.25) is 0 Å². The van der Waals surface area contributed by atoms with Gasteiger partial charge >= 0.3 is 5.97 Å². The average molecular weight is 574 g/mol. The molecule has 1 amide bonds. The highest BCUT2D eigenvalue weighted by Crippen LogP contribution is 2.28. The van der Waals surface area contributed by atoms with E-state index in [-0.39, 0.29) is 4.90 Å². The molecule has 0 saturated carbocycles. The number of hydrogen-bond donors (Lipinski definition) is 1. The van der Waals surface area contributed by atoms with E-state index in [1.807, 2.05) is 26.0 Å². The molecule has 41 heavy (non-hydrogen) atoms. The van der Waals surface area contributed by atoms with Gasteiger partial charge in [0, 0.05) is 5.56 Å². The van der Waals surface area contributed by atoms with Crippen LogP contribution in [0.15, 0.2) is 93.3 Å². The lowest BCUT2D eigenvalue weighted by atomic mass is 10.1. The zero-order chi connectivity index (χ0) is 29.6. The maximum Gasteiger partial charge on any atom is 0.338 e. The van der Waals surface area contributed by atoms with Crippen LogP contribution >= 0.6 is 0 Å². The first-order valence-electron chi connectivity index (χ1n) is 12.9. The third-order valence-corrected chi connectivity index (χ3v) is 7.99. The minimum absolute atomic E-state index is 0.0821. The summed E-state index contributed by atoms with van der Waals surface area (Å²) < 4.78 is 39.1. The smallest absolute Gasteiger partial charge is 0.338 e. The molecule has 0 bridgehead atoms. The highest BCUT2D eigenvalue weighted by Gasteiger charge is 2.28. The average Bonchev–Trinajstić information content (AvgIpc) is 3.42. The number of carbonyl (C=O) groups excluding carboxylic acids is 2. The van der Waals surface area contributed by atoms with E-state index < -0.39 is 28.4 Å². The van der Waals surface area contributed by atoms with Gasteiger partial charge in [-0.05, 0) is 81.3 Å². The number of sulfonamides is 1. The Labute approximate surface area is 239 Å². The van der Waals surface area contributed by atoms with Gasteiger partial charge < -0.3 is 9.15 Å². The molecule has 0 radical (unpaired) electrons. The zero-order valence-electron chi connectivity index (χ0n) is 23.2. The van der Waals surface area contributed by atoms with Crippen LogP contribution in [0, 0.1) is 20.8 Å². The second kappa shape index (κ2) is 12.6. The highest BCUT2D eigenvalue weighted by molar-refractivity contribution is 7.92. The largest absolute Gasteiger partial charge is 0.462 e. The van der Waals surface area contributed by atoms with Gasteiger partial charge in [0.25, 0.3) is 15.9 Å². The standard InChI is InChI=1S/C31H31N3O6S/c1-5-39-31(36)25-12-10-24(11-13-25)29-17-14-26(40-29)19-32-33-30(35)20-34(28-18-22(3)6-9-23(28)4)41(37,38)27-15-7-21(2)8-16-27/h6-19H,5,20H2,1-4H3,(H,33,35)/b32-19-. The summed E-state index contributed by atoms with van der Waals surface area (Å²) in [7, 11) is -4.05. The van der Waals surface area contributed by atoms with Crippen LogP contribution in [-0.4, -0.2) is 39.7 Å². The van der Waals surface area contributed by atoms with Gasteiger partial charge in [-0.1, -0.05) is 42.0 Å². The van der Waals surface area contributed by atoms with Gasteiger partial charge in [0.1, 0.15) is 18.1 Å². The van der Waals surface area contributed by atoms with Crippen LogP contribution in [0.25, 0.3) is 11.3 Å². The number of carbonyl (C=O) groups is 2. The Morgan fingerprint density at radius 3 is 2.29 bits per heavy atom. The Bertz CT molecular complexity index is 1670. The van der Waals surface area contributed by atoms with E-state index >= 15 is 0 Å². The predicted molar refractivity (Wildman–Crippen MR) is 157 cm³/mol. The summed E-state index contributed by atoms with van der Waals surface area (Å²) in [6, 6.07) is 22.1. The topological polar surface area (TPSA) is 118 Å². The molecule has 212 valence electrons. The van der Waals surface area contributed by atoms with E-state index in [0.29, 0.717) is 34.9 Å². The summed E-state index contributed by atoms with van der Waals surface area (Å²) in [5, 5.41) is 3.96. The van der Waals surface area contributed by atoms with Crippen LogP contribution < -0.4 is 9.73 Å². The molecule has 4 rings (SSSR count). The van der Waals surface area contributed by atoms with E-state index in [9.17, 15) is 18.0 Å². The molecular weight excluding hydrogens is 542 g/mol. The van der Waals surface area contributed by atoms with Crippen molar-refractivity contribution in [2.24, 2.45) is 5.10 Å². The summed E-state index contributed by atoms with van der Waals surface area (Å²) in [5.74, 6) is -0.115. The summed E-state index contributed by atoms with van der Waals surface area (Å²) >= 11 is 0. The number of nitrogens with one attached hydrogen (secondary N) is 1. The van der Waals surface area contributed by atoms with Crippen molar-refractivity contribution in [3.63, 3.8) is 0 Å². The van der Waals surface area contributed by atoms with Crippen LogP contribution in [0.3, 0.4) is 0 Å². The van der Waals surface area contributed by atoms with Crippen LogP contribution in [0.4, 0.5) is 5.69 Å². The fraction of sp³-hybridized carbons (Fsp3) is 0.194. The quantitative estimate of drug-likeness (QED) is 0.154. The van der Waals surface area contributed by atoms with E-state index in [2.05, 4.69) is 10.5 Å². The number of ether oxygens (including phenoxy) is 1. The number of benzene rings is 3. The molecule has 0 atom stereocenters. The van der Waals surface area contributed by atoms with Crippen molar-refractivity contribution in [1.29, 1.82) is 0 Å². The fourth-order valence-corrected chi connectivity index (χ4v) is 5.50. The lowest BCUT2D eigenvalue weighted by Gasteiger charge is -2.25. The Morgan fingerprint density at radius 2 is 1.61 bits per heavy atom. The number of amides is 1. The third-order valence-electron chi connectivity index (χ3n) is 6.22. The van der Waals surface area contributed by atoms with Gasteiger partial charge in [-0.15, -0.1) is 0 Å². The Hall–Kier alpha value is -4.70. The number of hydrazone groups is 1. The lowest BCUT2D eigenvalue weighted by Crippen LogP contribution is -2.40. The molecule has 0 aliphatic rings. The SMILES string of the molecule is CCOC(=O)c1ccc(-c2ccc(/C=N\NC(=O)CN(c3cc(C)ccc3C)S(=O)(=O)c3ccc(C)cc3)o2)cc1.